The molecule has 0 fully saturated rings. The van der Waals surface area contributed by atoms with Gasteiger partial charge in [-0.2, -0.15) is 0 Å². The number of benzene rings is 1. The smallest absolute Gasteiger partial charge is 0.0163 e. The summed E-state index contributed by atoms with van der Waals surface area (Å²) in [4.78, 5) is 4.44. The number of rotatable bonds is 4. The zero-order chi connectivity index (χ0) is 13.0. The van der Waals surface area contributed by atoms with E-state index in [1.165, 1.54) is 17.5 Å². The standard InChI is InChI=1S/C17H20N.Ir/c1-4-5-14-6-8-15(9-7-14)17-12-16(13(2)3)10-11-18-17;/h6-8,10-13H,4-5H2,1-3H3;/q-1;. The molecule has 0 bridgehead atoms. The summed E-state index contributed by atoms with van der Waals surface area (Å²) in [6.45, 7) is 6.60. The Morgan fingerprint density at radius 2 is 2.00 bits per heavy atom. The van der Waals surface area contributed by atoms with Gasteiger partial charge >= 0.3 is 0 Å². The van der Waals surface area contributed by atoms with Crippen molar-refractivity contribution in [3.8, 4) is 11.3 Å². The fourth-order valence-corrected chi connectivity index (χ4v) is 2.01. The summed E-state index contributed by atoms with van der Waals surface area (Å²) >= 11 is 0. The summed E-state index contributed by atoms with van der Waals surface area (Å²) in [6.07, 6.45) is 4.18. The summed E-state index contributed by atoms with van der Waals surface area (Å²) in [6, 6.07) is 14.0. The van der Waals surface area contributed by atoms with E-state index in [0.29, 0.717) is 5.92 Å². The van der Waals surface area contributed by atoms with Gasteiger partial charge in [-0.05, 0) is 17.7 Å². The van der Waals surface area contributed by atoms with E-state index in [9.17, 15) is 0 Å². The van der Waals surface area contributed by atoms with E-state index >= 15 is 0 Å². The molecule has 0 aliphatic heterocycles. The molecule has 0 unspecified atom stereocenters. The van der Waals surface area contributed by atoms with Gasteiger partial charge in [0.25, 0.3) is 0 Å². The number of aryl methyl sites for hydroxylation is 1. The van der Waals surface area contributed by atoms with E-state index in [-0.39, 0.29) is 20.1 Å². The molecule has 1 heterocycles. The largest absolute Gasteiger partial charge is 0.305 e. The molecule has 0 saturated heterocycles. The van der Waals surface area contributed by atoms with Crippen LogP contribution in [0.25, 0.3) is 11.3 Å². The second-order valence-corrected chi connectivity index (χ2v) is 4.99. The van der Waals surface area contributed by atoms with Gasteiger partial charge in [0, 0.05) is 26.3 Å². The molecule has 2 heteroatoms. The maximum absolute atomic E-state index is 4.44. The Balaban J connectivity index is 0.00000180. The monoisotopic (exact) mass is 431 g/mol. The summed E-state index contributed by atoms with van der Waals surface area (Å²) in [5, 5.41) is 0. The molecule has 0 spiro atoms. The van der Waals surface area contributed by atoms with Crippen LogP contribution < -0.4 is 0 Å². The quantitative estimate of drug-likeness (QED) is 0.645. The molecular formula is C17H20IrN-. The third-order valence-corrected chi connectivity index (χ3v) is 3.14. The van der Waals surface area contributed by atoms with E-state index in [2.05, 4.69) is 62.2 Å². The molecule has 0 saturated carbocycles. The van der Waals surface area contributed by atoms with E-state index in [4.69, 9.17) is 0 Å². The first-order chi connectivity index (χ1) is 8.70. The molecule has 0 N–H and O–H groups in total. The first-order valence-electron chi connectivity index (χ1n) is 6.67. The number of hydrogen-bond donors (Lipinski definition) is 0. The maximum atomic E-state index is 4.44. The molecule has 103 valence electrons. The van der Waals surface area contributed by atoms with E-state index < -0.39 is 0 Å². The van der Waals surface area contributed by atoms with Gasteiger partial charge in [0.05, 0.1) is 0 Å². The van der Waals surface area contributed by atoms with Crippen molar-refractivity contribution in [1.82, 2.24) is 4.98 Å². The average Bonchev–Trinajstić information content (AvgIpc) is 2.40. The van der Waals surface area contributed by atoms with Crippen LogP contribution in [-0.2, 0) is 26.5 Å². The Morgan fingerprint density at radius 3 is 2.58 bits per heavy atom. The van der Waals surface area contributed by atoms with Gasteiger partial charge in [-0.3, -0.25) is 0 Å². The van der Waals surface area contributed by atoms with Crippen molar-refractivity contribution < 1.29 is 20.1 Å². The van der Waals surface area contributed by atoms with Crippen molar-refractivity contribution in [1.29, 1.82) is 0 Å². The fraction of sp³-hybridized carbons (Fsp3) is 0.353. The SMILES string of the molecule is CCCc1c[c-]c(-c2cc(C(C)C)ccn2)cc1.[Ir]. The molecule has 2 rings (SSSR count). The first-order valence-corrected chi connectivity index (χ1v) is 6.67. The summed E-state index contributed by atoms with van der Waals surface area (Å²) in [5.74, 6) is 0.533. The van der Waals surface area contributed by atoms with Gasteiger partial charge in [-0.15, -0.1) is 35.4 Å². The number of hydrogen-bond acceptors (Lipinski definition) is 1. The second-order valence-electron chi connectivity index (χ2n) is 4.99. The van der Waals surface area contributed by atoms with Crippen LogP contribution in [0.2, 0.25) is 0 Å². The molecule has 1 aromatic heterocycles. The molecule has 2 aromatic rings. The summed E-state index contributed by atoms with van der Waals surface area (Å²) in [5.41, 5.74) is 4.77. The molecule has 1 nitrogen and oxygen atoms in total. The molecule has 1 aromatic carbocycles. The minimum absolute atomic E-state index is 0. The van der Waals surface area contributed by atoms with Crippen molar-refractivity contribution in [3.05, 3.63) is 53.7 Å². The van der Waals surface area contributed by atoms with Crippen molar-refractivity contribution in [2.24, 2.45) is 0 Å². The van der Waals surface area contributed by atoms with Gasteiger partial charge in [0.15, 0.2) is 0 Å². The third kappa shape index (κ3) is 4.26. The summed E-state index contributed by atoms with van der Waals surface area (Å²) < 4.78 is 0. The zero-order valence-corrected chi connectivity index (χ0v) is 14.1. The van der Waals surface area contributed by atoms with E-state index in [0.717, 1.165) is 17.7 Å². The average molecular weight is 431 g/mol. The first kappa shape index (κ1) is 16.1. The Hall–Kier alpha value is -0.981. The number of nitrogens with zero attached hydrogens (tertiary/aromatic N) is 1. The minimum Gasteiger partial charge on any atom is -0.305 e. The third-order valence-electron chi connectivity index (χ3n) is 3.14. The van der Waals surface area contributed by atoms with Crippen molar-refractivity contribution in [2.75, 3.05) is 0 Å². The van der Waals surface area contributed by atoms with Crippen LogP contribution in [0.1, 0.15) is 44.2 Å². The second kappa shape index (κ2) is 7.57. The van der Waals surface area contributed by atoms with Crippen LogP contribution in [0.5, 0.6) is 0 Å². The number of pyridine rings is 1. The number of aromatic nitrogens is 1. The normalized spacial score (nSPS) is 10.3. The molecular weight excluding hydrogens is 410 g/mol. The predicted octanol–water partition coefficient (Wildman–Crippen LogP) is 4.62. The van der Waals surface area contributed by atoms with Crippen LogP contribution in [0.15, 0.2) is 36.5 Å². The van der Waals surface area contributed by atoms with Gasteiger partial charge in [0.1, 0.15) is 0 Å². The molecule has 0 amide bonds. The van der Waals surface area contributed by atoms with Crippen molar-refractivity contribution in [2.45, 2.75) is 39.5 Å². The van der Waals surface area contributed by atoms with Gasteiger partial charge < -0.3 is 4.98 Å². The van der Waals surface area contributed by atoms with E-state index in [1.807, 2.05) is 6.20 Å². The van der Waals surface area contributed by atoms with Gasteiger partial charge in [-0.1, -0.05) is 45.2 Å². The van der Waals surface area contributed by atoms with Crippen molar-refractivity contribution >= 4 is 0 Å². The maximum Gasteiger partial charge on any atom is 0.0163 e. The fourth-order valence-electron chi connectivity index (χ4n) is 2.01. The van der Waals surface area contributed by atoms with Crippen LogP contribution in [-0.4, -0.2) is 4.98 Å². The van der Waals surface area contributed by atoms with E-state index in [1.54, 1.807) is 0 Å². The van der Waals surface area contributed by atoms with Gasteiger partial charge in [-0.25, -0.2) is 0 Å². The topological polar surface area (TPSA) is 12.9 Å². The minimum atomic E-state index is 0. The Kier molecular flexibility index (Phi) is 6.40. The molecule has 0 aliphatic carbocycles. The van der Waals surface area contributed by atoms with Crippen LogP contribution in [0, 0.1) is 6.07 Å². The Labute approximate surface area is 129 Å². The molecule has 0 aliphatic rings. The molecule has 1 radical (unpaired) electrons. The summed E-state index contributed by atoms with van der Waals surface area (Å²) in [7, 11) is 0. The van der Waals surface area contributed by atoms with Crippen LogP contribution >= 0.6 is 0 Å². The predicted molar refractivity (Wildman–Crippen MR) is 76.6 cm³/mol. The molecule has 19 heavy (non-hydrogen) atoms. The Morgan fingerprint density at radius 1 is 1.21 bits per heavy atom. The van der Waals surface area contributed by atoms with Crippen LogP contribution in [0.3, 0.4) is 0 Å². The van der Waals surface area contributed by atoms with Gasteiger partial charge in [0.2, 0.25) is 0 Å². The Bertz CT molecular complexity index is 503. The van der Waals surface area contributed by atoms with Crippen molar-refractivity contribution in [3.63, 3.8) is 0 Å². The molecule has 0 atom stereocenters. The zero-order valence-electron chi connectivity index (χ0n) is 11.7. The van der Waals surface area contributed by atoms with Crippen LogP contribution in [0.4, 0.5) is 0 Å².